The van der Waals surface area contributed by atoms with Gasteiger partial charge in [-0.25, -0.2) is 4.98 Å². The van der Waals surface area contributed by atoms with E-state index in [1.807, 2.05) is 25.1 Å². The number of hydrogen-bond donors (Lipinski definition) is 0. The van der Waals surface area contributed by atoms with Crippen molar-refractivity contribution in [2.45, 2.75) is 32.3 Å². The minimum atomic E-state index is 0.241. The summed E-state index contributed by atoms with van der Waals surface area (Å²) in [6.45, 7) is 6.88. The van der Waals surface area contributed by atoms with E-state index < -0.39 is 0 Å². The smallest absolute Gasteiger partial charge is 0.219 e. The third-order valence-corrected chi connectivity index (χ3v) is 3.46. The van der Waals surface area contributed by atoms with Crippen LogP contribution in [0, 0.1) is 0 Å². The average Bonchev–Trinajstić information content (AvgIpc) is 2.62. The van der Waals surface area contributed by atoms with Crippen molar-refractivity contribution in [3.05, 3.63) is 54.5 Å². The largest absolute Gasteiger partial charge is 0.495 e. The zero-order valence-corrected chi connectivity index (χ0v) is 13.2. The van der Waals surface area contributed by atoms with Gasteiger partial charge in [0.05, 0.1) is 19.4 Å². The number of allylic oxidation sites excluding steroid dienone is 3. The predicted octanol–water partition coefficient (Wildman–Crippen LogP) is 4.05. The van der Waals surface area contributed by atoms with Crippen LogP contribution in [-0.2, 0) is 4.74 Å². The van der Waals surface area contributed by atoms with Gasteiger partial charge in [-0.2, -0.15) is 0 Å². The molecule has 0 amide bonds. The summed E-state index contributed by atoms with van der Waals surface area (Å²) in [5, 5.41) is 0. The molecule has 4 nitrogen and oxygen atoms in total. The number of aromatic nitrogens is 1. The van der Waals surface area contributed by atoms with Gasteiger partial charge in [0, 0.05) is 12.7 Å². The molecule has 1 aliphatic carbocycles. The number of hydrogen-bond acceptors (Lipinski definition) is 4. The number of nitrogens with zero attached hydrogens (tertiary/aromatic N) is 1. The van der Waals surface area contributed by atoms with E-state index in [1.54, 1.807) is 19.4 Å². The van der Waals surface area contributed by atoms with Crippen LogP contribution < -0.4 is 9.47 Å². The van der Waals surface area contributed by atoms with Crippen molar-refractivity contribution >= 4 is 0 Å². The summed E-state index contributed by atoms with van der Waals surface area (Å²) in [6, 6.07) is 3.61. The zero-order valence-electron chi connectivity index (χ0n) is 13.2. The molecule has 0 aliphatic heterocycles. The Morgan fingerprint density at radius 1 is 1.36 bits per heavy atom. The summed E-state index contributed by atoms with van der Waals surface area (Å²) in [7, 11) is 1.61. The van der Waals surface area contributed by atoms with Crippen molar-refractivity contribution in [1.29, 1.82) is 0 Å². The Hall–Kier alpha value is -2.07. The Kier molecular flexibility index (Phi) is 6.22. The number of rotatable bonds is 5. The van der Waals surface area contributed by atoms with E-state index >= 15 is 0 Å². The van der Waals surface area contributed by atoms with Gasteiger partial charge in [-0.05, 0) is 43.9 Å². The summed E-state index contributed by atoms with van der Waals surface area (Å²) in [6.07, 6.45) is 10.6. The van der Waals surface area contributed by atoms with Crippen LogP contribution in [0.25, 0.3) is 0 Å². The van der Waals surface area contributed by atoms with Gasteiger partial charge < -0.3 is 14.2 Å². The fourth-order valence-electron chi connectivity index (χ4n) is 2.23. The number of ether oxygens (including phenoxy) is 3. The molecule has 0 saturated carbocycles. The quantitative estimate of drug-likeness (QED) is 0.822. The van der Waals surface area contributed by atoms with Crippen LogP contribution in [0.15, 0.2) is 54.5 Å². The lowest BCUT2D eigenvalue weighted by Gasteiger charge is -2.16. The first kappa shape index (κ1) is 16.3. The van der Waals surface area contributed by atoms with Gasteiger partial charge in [0.15, 0.2) is 0 Å². The monoisotopic (exact) mass is 301 g/mol. The average molecular weight is 301 g/mol. The first-order chi connectivity index (χ1) is 10.7. The Morgan fingerprint density at radius 2 is 2.23 bits per heavy atom. The van der Waals surface area contributed by atoms with Gasteiger partial charge >= 0.3 is 0 Å². The molecule has 1 unspecified atom stereocenters. The SMILES string of the molecule is C=C1CCC(OCC)C/C=C\C=C1Oc1ccc(OC)cn1. The van der Waals surface area contributed by atoms with E-state index in [4.69, 9.17) is 14.2 Å². The Bertz CT molecular complexity index is 546. The minimum absolute atomic E-state index is 0.241. The molecule has 0 aromatic carbocycles. The van der Waals surface area contributed by atoms with Crippen LogP contribution in [0.4, 0.5) is 0 Å². The highest BCUT2D eigenvalue weighted by molar-refractivity contribution is 5.32. The maximum absolute atomic E-state index is 5.86. The molecule has 0 saturated heterocycles. The van der Waals surface area contributed by atoms with Gasteiger partial charge in [-0.15, -0.1) is 0 Å². The van der Waals surface area contributed by atoms with Crippen molar-refractivity contribution in [2.75, 3.05) is 13.7 Å². The molecule has 0 bridgehead atoms. The lowest BCUT2D eigenvalue weighted by molar-refractivity contribution is 0.0593. The Balaban J connectivity index is 2.04. The van der Waals surface area contributed by atoms with Gasteiger partial charge in [0.2, 0.25) is 5.88 Å². The Labute approximate surface area is 132 Å². The molecular formula is C18H23NO3. The normalized spacial score (nSPS) is 20.4. The van der Waals surface area contributed by atoms with Crippen LogP contribution in [0.3, 0.4) is 0 Å². The summed E-state index contributed by atoms with van der Waals surface area (Å²) in [4.78, 5) is 4.22. The second-order valence-electron chi connectivity index (χ2n) is 5.05. The molecule has 0 fully saturated rings. The van der Waals surface area contributed by atoms with Crippen molar-refractivity contribution in [3.63, 3.8) is 0 Å². The van der Waals surface area contributed by atoms with E-state index in [0.29, 0.717) is 11.6 Å². The molecule has 1 atom stereocenters. The molecule has 4 heteroatoms. The van der Waals surface area contributed by atoms with E-state index in [2.05, 4.69) is 17.6 Å². The van der Waals surface area contributed by atoms with Crippen molar-refractivity contribution in [3.8, 4) is 11.6 Å². The van der Waals surface area contributed by atoms with Crippen LogP contribution in [0.5, 0.6) is 11.6 Å². The van der Waals surface area contributed by atoms with Crippen molar-refractivity contribution in [2.24, 2.45) is 0 Å². The molecule has 1 heterocycles. The third kappa shape index (κ3) is 4.74. The zero-order chi connectivity index (χ0) is 15.8. The summed E-state index contributed by atoms with van der Waals surface area (Å²) in [5.41, 5.74) is 0.953. The standard InChI is InChI=1S/C18H23NO3/c1-4-21-15-7-5-6-8-17(14(2)9-10-15)22-18-12-11-16(20-3)13-19-18/h5-6,8,11-13,15H,2,4,7,9-10H2,1,3H3/b6-5-,17-8?. The van der Waals surface area contributed by atoms with Gasteiger partial charge in [0.25, 0.3) is 0 Å². The van der Waals surface area contributed by atoms with Crippen LogP contribution in [-0.4, -0.2) is 24.8 Å². The molecule has 1 aromatic rings. The third-order valence-electron chi connectivity index (χ3n) is 3.46. The topological polar surface area (TPSA) is 40.6 Å². The van der Waals surface area contributed by atoms with Crippen molar-refractivity contribution < 1.29 is 14.2 Å². The highest BCUT2D eigenvalue weighted by atomic mass is 16.5. The lowest BCUT2D eigenvalue weighted by Crippen LogP contribution is -2.12. The molecular weight excluding hydrogens is 278 g/mol. The lowest BCUT2D eigenvalue weighted by atomic mass is 10.1. The minimum Gasteiger partial charge on any atom is -0.495 e. The highest BCUT2D eigenvalue weighted by Crippen LogP contribution is 2.23. The maximum atomic E-state index is 5.86. The van der Waals surface area contributed by atoms with Crippen LogP contribution in [0.1, 0.15) is 26.2 Å². The van der Waals surface area contributed by atoms with Gasteiger partial charge in [0.1, 0.15) is 11.5 Å². The predicted molar refractivity (Wildman–Crippen MR) is 87.0 cm³/mol. The molecule has 22 heavy (non-hydrogen) atoms. The molecule has 1 aromatic heterocycles. The van der Waals surface area contributed by atoms with E-state index in [1.165, 1.54) is 0 Å². The fraction of sp³-hybridized carbons (Fsp3) is 0.389. The van der Waals surface area contributed by atoms with Crippen LogP contribution in [0.2, 0.25) is 0 Å². The number of pyridine rings is 1. The second kappa shape index (κ2) is 8.39. The molecule has 2 rings (SSSR count). The summed E-state index contributed by atoms with van der Waals surface area (Å²) in [5.74, 6) is 1.97. The van der Waals surface area contributed by atoms with E-state index in [9.17, 15) is 0 Å². The first-order valence-corrected chi connectivity index (χ1v) is 7.57. The molecule has 1 aliphatic rings. The van der Waals surface area contributed by atoms with Gasteiger partial charge in [-0.1, -0.05) is 18.7 Å². The molecule has 118 valence electrons. The molecule has 0 radical (unpaired) electrons. The van der Waals surface area contributed by atoms with E-state index in [0.717, 1.165) is 37.2 Å². The number of methoxy groups -OCH3 is 1. The molecule has 0 spiro atoms. The van der Waals surface area contributed by atoms with E-state index in [-0.39, 0.29) is 6.10 Å². The van der Waals surface area contributed by atoms with Crippen molar-refractivity contribution in [1.82, 2.24) is 4.98 Å². The summed E-state index contributed by atoms with van der Waals surface area (Å²) < 4.78 is 16.7. The highest BCUT2D eigenvalue weighted by Gasteiger charge is 2.13. The maximum Gasteiger partial charge on any atom is 0.219 e. The van der Waals surface area contributed by atoms with Gasteiger partial charge in [-0.3, -0.25) is 0 Å². The molecule has 0 N–H and O–H groups in total. The Morgan fingerprint density at radius 3 is 2.91 bits per heavy atom. The second-order valence-corrected chi connectivity index (χ2v) is 5.05. The summed E-state index contributed by atoms with van der Waals surface area (Å²) >= 11 is 0. The van der Waals surface area contributed by atoms with Crippen LogP contribution >= 0.6 is 0 Å². The fourth-order valence-corrected chi connectivity index (χ4v) is 2.23. The first-order valence-electron chi connectivity index (χ1n) is 7.57.